The third-order valence-electron chi connectivity index (χ3n) is 4.31. The number of aryl methyl sites for hydroxylation is 2. The van der Waals surface area contributed by atoms with E-state index in [2.05, 4.69) is 4.72 Å². The van der Waals surface area contributed by atoms with Crippen molar-refractivity contribution in [3.63, 3.8) is 0 Å². The molecule has 0 spiro atoms. The van der Waals surface area contributed by atoms with Gasteiger partial charge in [-0.05, 0) is 50.1 Å². The Morgan fingerprint density at radius 3 is 2.68 bits per heavy atom. The zero-order valence-electron chi connectivity index (χ0n) is 14.1. The topological polar surface area (TPSA) is 71.4 Å². The van der Waals surface area contributed by atoms with Gasteiger partial charge in [0.15, 0.2) is 0 Å². The van der Waals surface area contributed by atoms with Crippen LogP contribution in [0.2, 0.25) is 0 Å². The molecule has 25 heavy (non-hydrogen) atoms. The zero-order chi connectivity index (χ0) is 18.2. The van der Waals surface area contributed by atoms with Gasteiger partial charge in [0, 0.05) is 31.5 Å². The van der Waals surface area contributed by atoms with Crippen LogP contribution in [-0.4, -0.2) is 36.9 Å². The second kappa shape index (κ2) is 6.51. The van der Waals surface area contributed by atoms with E-state index in [0.717, 1.165) is 6.42 Å². The summed E-state index contributed by atoms with van der Waals surface area (Å²) in [5.41, 5.74) is 0.999. The molecule has 1 N–H and O–H groups in total. The molecule has 6 nitrogen and oxygen atoms in total. The van der Waals surface area contributed by atoms with Gasteiger partial charge < -0.3 is 9.47 Å². The highest BCUT2D eigenvalue weighted by Crippen LogP contribution is 2.23. The standard InChI is InChI=1S/C17H20FN3O3S/c1-3-20-7-4-8-21-11-14(10-16(21)17(20)22)25(23,24)19-13-5-6-15(18)12(2)9-13/h5-6,9-11,19H,3-4,7-8H2,1-2H3. The summed E-state index contributed by atoms with van der Waals surface area (Å²) >= 11 is 0. The van der Waals surface area contributed by atoms with Gasteiger partial charge in [0.2, 0.25) is 0 Å². The fourth-order valence-corrected chi connectivity index (χ4v) is 4.00. The lowest BCUT2D eigenvalue weighted by Crippen LogP contribution is -2.30. The molecule has 2 aromatic rings. The van der Waals surface area contributed by atoms with Crippen LogP contribution in [0.15, 0.2) is 35.4 Å². The maximum absolute atomic E-state index is 13.3. The maximum Gasteiger partial charge on any atom is 0.270 e. The molecule has 0 aliphatic carbocycles. The van der Waals surface area contributed by atoms with Gasteiger partial charge in [-0.2, -0.15) is 0 Å². The van der Waals surface area contributed by atoms with Crippen molar-refractivity contribution in [2.24, 2.45) is 0 Å². The number of aromatic nitrogens is 1. The van der Waals surface area contributed by atoms with Gasteiger partial charge >= 0.3 is 0 Å². The summed E-state index contributed by atoms with van der Waals surface area (Å²) in [6.45, 7) is 5.28. The second-order valence-electron chi connectivity index (χ2n) is 6.06. The van der Waals surface area contributed by atoms with Gasteiger partial charge in [0.25, 0.3) is 15.9 Å². The van der Waals surface area contributed by atoms with E-state index in [-0.39, 0.29) is 16.5 Å². The Morgan fingerprint density at radius 1 is 1.24 bits per heavy atom. The molecular formula is C17H20FN3O3S. The van der Waals surface area contributed by atoms with Crippen molar-refractivity contribution in [1.82, 2.24) is 9.47 Å². The van der Waals surface area contributed by atoms with Crippen molar-refractivity contribution >= 4 is 21.6 Å². The number of hydrogen-bond donors (Lipinski definition) is 1. The number of sulfonamides is 1. The van der Waals surface area contributed by atoms with Crippen LogP contribution in [0, 0.1) is 12.7 Å². The van der Waals surface area contributed by atoms with E-state index < -0.39 is 15.8 Å². The third kappa shape index (κ3) is 3.39. The molecule has 0 bridgehead atoms. The van der Waals surface area contributed by atoms with Gasteiger partial charge in [-0.25, -0.2) is 12.8 Å². The number of carbonyl (C=O) groups excluding carboxylic acids is 1. The number of halogens is 1. The molecule has 0 radical (unpaired) electrons. The summed E-state index contributed by atoms with van der Waals surface area (Å²) in [6.07, 6.45) is 2.25. The van der Waals surface area contributed by atoms with E-state index in [0.29, 0.717) is 30.9 Å². The van der Waals surface area contributed by atoms with Gasteiger partial charge in [-0.15, -0.1) is 0 Å². The summed E-state index contributed by atoms with van der Waals surface area (Å²) in [5, 5.41) is 0. The van der Waals surface area contributed by atoms with E-state index in [1.807, 2.05) is 6.92 Å². The van der Waals surface area contributed by atoms with Crippen molar-refractivity contribution in [2.45, 2.75) is 31.7 Å². The lowest BCUT2D eigenvalue weighted by atomic mass is 10.2. The van der Waals surface area contributed by atoms with Gasteiger partial charge in [0.1, 0.15) is 16.4 Å². The molecule has 1 amide bonds. The molecule has 1 aromatic carbocycles. The monoisotopic (exact) mass is 365 g/mol. The molecule has 0 saturated heterocycles. The first-order valence-corrected chi connectivity index (χ1v) is 9.58. The van der Waals surface area contributed by atoms with Gasteiger partial charge in [-0.3, -0.25) is 9.52 Å². The van der Waals surface area contributed by atoms with Crippen molar-refractivity contribution in [2.75, 3.05) is 17.8 Å². The highest BCUT2D eigenvalue weighted by Gasteiger charge is 2.26. The summed E-state index contributed by atoms with van der Waals surface area (Å²) in [7, 11) is -3.86. The van der Waals surface area contributed by atoms with Gasteiger partial charge in [0.05, 0.1) is 0 Å². The lowest BCUT2D eigenvalue weighted by Gasteiger charge is -2.17. The summed E-state index contributed by atoms with van der Waals surface area (Å²) in [5.74, 6) is -0.567. The van der Waals surface area contributed by atoms with Crippen LogP contribution in [0.3, 0.4) is 0 Å². The number of anilines is 1. The Kier molecular flexibility index (Phi) is 4.55. The predicted octanol–water partition coefficient (Wildman–Crippen LogP) is 2.60. The molecule has 1 aliphatic heterocycles. The quantitative estimate of drug-likeness (QED) is 0.905. The van der Waals surface area contributed by atoms with Crippen LogP contribution < -0.4 is 4.72 Å². The molecular weight excluding hydrogens is 345 g/mol. The first kappa shape index (κ1) is 17.5. The molecule has 3 rings (SSSR count). The summed E-state index contributed by atoms with van der Waals surface area (Å²) in [4.78, 5) is 14.2. The number of nitrogens with zero attached hydrogens (tertiary/aromatic N) is 2. The number of amides is 1. The van der Waals surface area contributed by atoms with Crippen molar-refractivity contribution in [1.29, 1.82) is 0 Å². The predicted molar refractivity (Wildman–Crippen MR) is 92.6 cm³/mol. The molecule has 8 heteroatoms. The second-order valence-corrected chi connectivity index (χ2v) is 7.74. The van der Waals surface area contributed by atoms with Crippen molar-refractivity contribution in [3.8, 4) is 0 Å². The Hall–Kier alpha value is -2.35. The smallest absolute Gasteiger partial charge is 0.270 e. The molecule has 1 aliphatic rings. The van der Waals surface area contributed by atoms with Crippen LogP contribution in [0.4, 0.5) is 10.1 Å². The Bertz CT molecular complexity index is 921. The van der Waals surface area contributed by atoms with E-state index in [4.69, 9.17) is 0 Å². The number of hydrogen-bond acceptors (Lipinski definition) is 3. The highest BCUT2D eigenvalue weighted by atomic mass is 32.2. The average Bonchev–Trinajstić information content (AvgIpc) is 2.93. The third-order valence-corrected chi connectivity index (χ3v) is 5.66. The summed E-state index contributed by atoms with van der Waals surface area (Å²) < 4.78 is 42.7. The molecule has 2 heterocycles. The molecule has 0 fully saturated rings. The van der Waals surface area contributed by atoms with Crippen LogP contribution >= 0.6 is 0 Å². The number of fused-ring (bicyclic) bond motifs is 1. The average molecular weight is 365 g/mol. The first-order valence-electron chi connectivity index (χ1n) is 8.10. The minimum Gasteiger partial charge on any atom is -0.342 e. The Balaban J connectivity index is 1.92. The number of nitrogens with one attached hydrogen (secondary N) is 1. The van der Waals surface area contributed by atoms with Crippen LogP contribution in [0.5, 0.6) is 0 Å². The SMILES string of the molecule is CCN1CCCn2cc(S(=O)(=O)Nc3ccc(F)c(C)c3)cc2C1=O. The summed E-state index contributed by atoms with van der Waals surface area (Å²) in [6, 6.07) is 5.41. The molecule has 0 saturated carbocycles. The fraction of sp³-hybridized carbons (Fsp3) is 0.353. The fourth-order valence-electron chi connectivity index (χ4n) is 2.91. The number of rotatable bonds is 4. The van der Waals surface area contributed by atoms with E-state index >= 15 is 0 Å². The molecule has 0 unspecified atom stereocenters. The van der Waals surface area contributed by atoms with E-state index in [1.165, 1.54) is 30.5 Å². The normalized spacial score (nSPS) is 15.0. The minimum absolute atomic E-state index is 0.0239. The number of benzene rings is 1. The molecule has 134 valence electrons. The van der Waals surface area contributed by atoms with Crippen molar-refractivity contribution in [3.05, 3.63) is 47.5 Å². The largest absolute Gasteiger partial charge is 0.342 e. The van der Waals surface area contributed by atoms with Crippen LogP contribution in [0.1, 0.15) is 29.4 Å². The zero-order valence-corrected chi connectivity index (χ0v) is 14.9. The van der Waals surface area contributed by atoms with E-state index in [9.17, 15) is 17.6 Å². The van der Waals surface area contributed by atoms with Crippen LogP contribution in [-0.2, 0) is 16.6 Å². The van der Waals surface area contributed by atoms with Crippen LogP contribution in [0.25, 0.3) is 0 Å². The number of carbonyl (C=O) groups is 1. The first-order chi connectivity index (χ1) is 11.8. The lowest BCUT2D eigenvalue weighted by molar-refractivity contribution is 0.0766. The maximum atomic E-state index is 13.3. The Labute approximate surface area is 146 Å². The Morgan fingerprint density at radius 2 is 2.00 bits per heavy atom. The molecule has 0 atom stereocenters. The van der Waals surface area contributed by atoms with Gasteiger partial charge in [-0.1, -0.05) is 0 Å². The highest BCUT2D eigenvalue weighted by molar-refractivity contribution is 7.92. The molecule has 1 aromatic heterocycles. The van der Waals surface area contributed by atoms with E-state index in [1.54, 1.807) is 16.4 Å². The van der Waals surface area contributed by atoms with Crippen molar-refractivity contribution < 1.29 is 17.6 Å². The minimum atomic E-state index is -3.86.